The largest absolute Gasteiger partial charge is 0.396 e. The molecular weight excluding hydrogens is 190 g/mol. The Labute approximate surface area is 88.4 Å². The Hall–Kier alpha value is -1.39. The maximum absolute atomic E-state index is 8.78. The van der Waals surface area contributed by atoms with Crippen molar-refractivity contribution < 1.29 is 5.11 Å². The SMILES string of the molecule is NCc1cccn2c(CCCO)ncc12. The predicted molar refractivity (Wildman–Crippen MR) is 58.5 cm³/mol. The highest BCUT2D eigenvalue weighted by Gasteiger charge is 2.05. The molecule has 0 aliphatic heterocycles. The molecule has 0 saturated heterocycles. The van der Waals surface area contributed by atoms with Gasteiger partial charge in [-0.2, -0.15) is 0 Å². The van der Waals surface area contributed by atoms with Crippen LogP contribution >= 0.6 is 0 Å². The van der Waals surface area contributed by atoms with Gasteiger partial charge in [-0.05, 0) is 18.1 Å². The van der Waals surface area contributed by atoms with E-state index in [4.69, 9.17) is 10.8 Å². The number of aliphatic hydroxyl groups excluding tert-OH is 1. The molecule has 2 aromatic rings. The first-order chi connectivity index (χ1) is 7.36. The lowest BCUT2D eigenvalue weighted by molar-refractivity contribution is 0.287. The highest BCUT2D eigenvalue weighted by molar-refractivity contribution is 5.54. The van der Waals surface area contributed by atoms with Crippen LogP contribution < -0.4 is 5.73 Å². The van der Waals surface area contributed by atoms with Crippen LogP contribution in [0.15, 0.2) is 24.5 Å². The number of imidazole rings is 1. The van der Waals surface area contributed by atoms with Gasteiger partial charge in [0.25, 0.3) is 0 Å². The van der Waals surface area contributed by atoms with E-state index < -0.39 is 0 Å². The van der Waals surface area contributed by atoms with E-state index in [0.717, 1.165) is 29.7 Å². The van der Waals surface area contributed by atoms with Crippen molar-refractivity contribution >= 4 is 5.52 Å². The van der Waals surface area contributed by atoms with Crippen molar-refractivity contribution in [3.05, 3.63) is 35.9 Å². The lowest BCUT2D eigenvalue weighted by Crippen LogP contribution is -2.01. The molecule has 0 atom stereocenters. The second kappa shape index (κ2) is 4.42. The number of aryl methyl sites for hydroxylation is 1. The van der Waals surface area contributed by atoms with Crippen LogP contribution in [0.3, 0.4) is 0 Å². The van der Waals surface area contributed by atoms with Crippen molar-refractivity contribution in [1.29, 1.82) is 0 Å². The van der Waals surface area contributed by atoms with Crippen molar-refractivity contribution in [2.45, 2.75) is 19.4 Å². The molecule has 0 bridgehead atoms. The quantitative estimate of drug-likeness (QED) is 0.773. The highest BCUT2D eigenvalue weighted by atomic mass is 16.2. The van der Waals surface area contributed by atoms with Crippen molar-refractivity contribution in [3.63, 3.8) is 0 Å². The zero-order valence-corrected chi connectivity index (χ0v) is 8.56. The second-order valence-corrected chi connectivity index (χ2v) is 3.49. The Morgan fingerprint density at radius 3 is 3.07 bits per heavy atom. The molecule has 2 heterocycles. The van der Waals surface area contributed by atoms with Crippen molar-refractivity contribution in [2.24, 2.45) is 5.73 Å². The minimum atomic E-state index is 0.200. The van der Waals surface area contributed by atoms with Gasteiger partial charge in [0, 0.05) is 25.8 Å². The zero-order valence-electron chi connectivity index (χ0n) is 8.56. The molecule has 0 aliphatic rings. The number of aliphatic hydroxyl groups is 1. The summed E-state index contributed by atoms with van der Waals surface area (Å²) in [6.45, 7) is 0.723. The topological polar surface area (TPSA) is 63.5 Å². The third-order valence-electron chi connectivity index (χ3n) is 2.51. The molecular formula is C11H15N3O. The van der Waals surface area contributed by atoms with Crippen LogP contribution in [0, 0.1) is 0 Å². The molecule has 4 heteroatoms. The van der Waals surface area contributed by atoms with Crippen LogP contribution in [-0.4, -0.2) is 21.1 Å². The van der Waals surface area contributed by atoms with Crippen molar-refractivity contribution in [3.8, 4) is 0 Å². The van der Waals surface area contributed by atoms with Gasteiger partial charge < -0.3 is 15.2 Å². The Balaban J connectivity index is 2.42. The minimum Gasteiger partial charge on any atom is -0.396 e. The fourth-order valence-electron chi connectivity index (χ4n) is 1.73. The van der Waals surface area contributed by atoms with E-state index in [-0.39, 0.29) is 6.61 Å². The van der Waals surface area contributed by atoms with Gasteiger partial charge in [0.2, 0.25) is 0 Å². The summed E-state index contributed by atoms with van der Waals surface area (Å²) < 4.78 is 2.04. The van der Waals surface area contributed by atoms with Gasteiger partial charge in [-0.1, -0.05) is 6.07 Å². The Kier molecular flexibility index (Phi) is 2.99. The van der Waals surface area contributed by atoms with Gasteiger partial charge in [-0.25, -0.2) is 4.98 Å². The zero-order chi connectivity index (χ0) is 10.7. The van der Waals surface area contributed by atoms with Gasteiger partial charge >= 0.3 is 0 Å². The van der Waals surface area contributed by atoms with Gasteiger partial charge in [-0.3, -0.25) is 0 Å². The number of pyridine rings is 1. The molecule has 0 radical (unpaired) electrons. The van der Waals surface area contributed by atoms with Gasteiger partial charge in [0.05, 0.1) is 11.7 Å². The maximum atomic E-state index is 8.78. The van der Waals surface area contributed by atoms with Gasteiger partial charge in [0.1, 0.15) is 5.82 Å². The summed E-state index contributed by atoms with van der Waals surface area (Å²) in [5.74, 6) is 0.981. The summed E-state index contributed by atoms with van der Waals surface area (Å²) in [6, 6.07) is 3.98. The van der Waals surface area contributed by atoms with Gasteiger partial charge in [-0.15, -0.1) is 0 Å². The standard InChI is InChI=1S/C11H15N3O/c12-7-9-3-1-5-14-10(9)8-13-11(14)4-2-6-15/h1,3,5,8,15H,2,4,6-7,12H2. The minimum absolute atomic E-state index is 0.200. The smallest absolute Gasteiger partial charge is 0.113 e. The lowest BCUT2D eigenvalue weighted by atomic mass is 10.2. The average Bonchev–Trinajstić information content (AvgIpc) is 2.69. The Morgan fingerprint density at radius 2 is 2.33 bits per heavy atom. The van der Waals surface area contributed by atoms with Gasteiger partial charge in [0.15, 0.2) is 0 Å². The molecule has 4 nitrogen and oxygen atoms in total. The molecule has 0 unspecified atom stereocenters. The fourth-order valence-corrected chi connectivity index (χ4v) is 1.73. The lowest BCUT2D eigenvalue weighted by Gasteiger charge is -2.03. The number of aromatic nitrogens is 2. The molecule has 15 heavy (non-hydrogen) atoms. The number of fused-ring (bicyclic) bond motifs is 1. The molecule has 80 valence electrons. The number of hydrogen-bond acceptors (Lipinski definition) is 3. The van der Waals surface area contributed by atoms with Crippen LogP contribution in [0.25, 0.3) is 5.52 Å². The monoisotopic (exact) mass is 205 g/mol. The first-order valence-electron chi connectivity index (χ1n) is 5.11. The third-order valence-corrected chi connectivity index (χ3v) is 2.51. The summed E-state index contributed by atoms with van der Waals surface area (Å²) in [5.41, 5.74) is 7.80. The molecule has 0 fully saturated rings. The normalized spacial score (nSPS) is 11.1. The van der Waals surface area contributed by atoms with Crippen LogP contribution in [0.5, 0.6) is 0 Å². The Morgan fingerprint density at radius 1 is 1.47 bits per heavy atom. The summed E-state index contributed by atoms with van der Waals surface area (Å²) in [6.07, 6.45) is 5.35. The molecule has 0 spiro atoms. The molecule has 2 aromatic heterocycles. The van der Waals surface area contributed by atoms with Crippen LogP contribution in [-0.2, 0) is 13.0 Å². The van der Waals surface area contributed by atoms with Crippen LogP contribution in [0.2, 0.25) is 0 Å². The van der Waals surface area contributed by atoms with E-state index in [9.17, 15) is 0 Å². The summed E-state index contributed by atoms with van der Waals surface area (Å²) in [4.78, 5) is 4.34. The van der Waals surface area contributed by atoms with E-state index in [1.165, 1.54) is 0 Å². The average molecular weight is 205 g/mol. The molecule has 0 saturated carbocycles. The first kappa shape index (κ1) is 10.1. The van der Waals surface area contributed by atoms with E-state index >= 15 is 0 Å². The number of hydrogen-bond donors (Lipinski definition) is 2. The third kappa shape index (κ3) is 1.86. The number of nitrogens with two attached hydrogens (primary N) is 1. The van der Waals surface area contributed by atoms with Crippen molar-refractivity contribution in [2.75, 3.05) is 6.61 Å². The highest BCUT2D eigenvalue weighted by Crippen LogP contribution is 2.13. The van der Waals surface area contributed by atoms with Crippen LogP contribution in [0.4, 0.5) is 0 Å². The molecule has 0 amide bonds. The molecule has 3 N–H and O–H groups in total. The van der Waals surface area contributed by atoms with Crippen LogP contribution in [0.1, 0.15) is 17.8 Å². The van der Waals surface area contributed by atoms with E-state index in [0.29, 0.717) is 6.54 Å². The number of rotatable bonds is 4. The molecule has 0 aromatic carbocycles. The predicted octanol–water partition coefficient (Wildman–Crippen LogP) is 0.718. The fraction of sp³-hybridized carbons (Fsp3) is 0.364. The summed E-state index contributed by atoms with van der Waals surface area (Å²) >= 11 is 0. The maximum Gasteiger partial charge on any atom is 0.113 e. The molecule has 2 rings (SSSR count). The van der Waals surface area contributed by atoms with E-state index in [1.54, 1.807) is 0 Å². The summed E-state index contributed by atoms with van der Waals surface area (Å²) in [7, 11) is 0. The first-order valence-corrected chi connectivity index (χ1v) is 5.11. The van der Waals surface area contributed by atoms with Crippen molar-refractivity contribution in [1.82, 2.24) is 9.38 Å². The Bertz CT molecular complexity index is 450. The van der Waals surface area contributed by atoms with E-state index in [1.807, 2.05) is 28.9 Å². The molecule has 0 aliphatic carbocycles. The number of nitrogens with zero attached hydrogens (tertiary/aromatic N) is 2. The van der Waals surface area contributed by atoms with E-state index in [2.05, 4.69) is 4.98 Å². The summed E-state index contributed by atoms with van der Waals surface area (Å²) in [5, 5.41) is 8.78. The second-order valence-electron chi connectivity index (χ2n) is 3.49.